The first-order valence-corrected chi connectivity index (χ1v) is 11.8. The fourth-order valence-corrected chi connectivity index (χ4v) is 5.70. The van der Waals surface area contributed by atoms with Gasteiger partial charge in [0.1, 0.15) is 5.60 Å². The number of sulfone groups is 1. The Labute approximate surface area is 177 Å². The molecule has 2 atom stereocenters. The smallest absolute Gasteiger partial charge is 0.410 e. The maximum Gasteiger partial charge on any atom is 0.410 e. The molecular formula is C21H30N2O6S. The van der Waals surface area contributed by atoms with E-state index in [1.54, 1.807) is 33.8 Å². The van der Waals surface area contributed by atoms with Crippen LogP contribution in [0.2, 0.25) is 0 Å². The highest BCUT2D eigenvalue weighted by atomic mass is 32.2. The number of rotatable bonds is 5. The summed E-state index contributed by atoms with van der Waals surface area (Å²) < 4.78 is 37.0. The molecule has 2 N–H and O–H groups in total. The molecule has 0 bridgehead atoms. The normalized spacial score (nSPS) is 22.1. The van der Waals surface area contributed by atoms with Crippen molar-refractivity contribution in [2.24, 2.45) is 5.92 Å². The fraction of sp³-hybridized carbons (Fsp3) is 0.619. The number of benzene rings is 1. The van der Waals surface area contributed by atoms with E-state index < -0.39 is 44.7 Å². The summed E-state index contributed by atoms with van der Waals surface area (Å²) in [6.45, 7) is 7.41. The fourth-order valence-electron chi connectivity index (χ4n) is 3.81. The average Bonchev–Trinajstić information content (AvgIpc) is 3.39. The van der Waals surface area contributed by atoms with E-state index in [1.165, 1.54) is 17.0 Å². The van der Waals surface area contributed by atoms with Crippen molar-refractivity contribution in [1.82, 2.24) is 4.90 Å². The van der Waals surface area contributed by atoms with Crippen LogP contribution in [0.4, 0.5) is 10.5 Å². The molecule has 0 spiro atoms. The number of nitrogen functional groups attached to an aromatic ring is 1. The van der Waals surface area contributed by atoms with Gasteiger partial charge in [-0.15, -0.1) is 0 Å². The summed E-state index contributed by atoms with van der Waals surface area (Å²) in [6.07, 6.45) is 0.957. The van der Waals surface area contributed by atoms with E-state index in [0.29, 0.717) is 30.5 Å². The lowest BCUT2D eigenvalue weighted by molar-refractivity contribution is -0.148. The Morgan fingerprint density at radius 1 is 1.20 bits per heavy atom. The number of esters is 1. The largest absolute Gasteiger partial charge is 0.466 e. The number of hydrogen-bond acceptors (Lipinski definition) is 7. The quantitative estimate of drug-likeness (QED) is 0.555. The SMILES string of the molecule is CCOC(=O)C1CCN(C(=O)OC(C)(C)C)C1c1cc(N)ccc1S(=O)(=O)C1CC1. The number of ether oxygens (including phenoxy) is 2. The molecule has 1 heterocycles. The third-order valence-corrected chi connectivity index (χ3v) is 7.57. The average molecular weight is 439 g/mol. The molecule has 2 aliphatic rings. The van der Waals surface area contributed by atoms with Gasteiger partial charge in [0.05, 0.1) is 28.7 Å². The molecule has 1 saturated heterocycles. The molecule has 1 aromatic rings. The summed E-state index contributed by atoms with van der Waals surface area (Å²) in [5, 5.41) is -0.433. The second kappa shape index (κ2) is 8.09. The van der Waals surface area contributed by atoms with Gasteiger partial charge in [-0.05, 0) is 70.7 Å². The van der Waals surface area contributed by atoms with Crippen LogP contribution in [-0.2, 0) is 24.1 Å². The predicted octanol–water partition coefficient (Wildman–Crippen LogP) is 3.07. The molecule has 1 aliphatic carbocycles. The number of carbonyl (C=O) groups is 2. The van der Waals surface area contributed by atoms with Crippen LogP contribution >= 0.6 is 0 Å². The zero-order chi connectivity index (χ0) is 22.3. The van der Waals surface area contributed by atoms with Crippen LogP contribution in [0, 0.1) is 5.92 Å². The lowest BCUT2D eigenvalue weighted by Gasteiger charge is -2.31. The maximum atomic E-state index is 13.1. The van der Waals surface area contributed by atoms with Crippen LogP contribution in [0.3, 0.4) is 0 Å². The first-order valence-electron chi connectivity index (χ1n) is 10.2. The Morgan fingerprint density at radius 2 is 1.87 bits per heavy atom. The molecule has 0 radical (unpaired) electrons. The van der Waals surface area contributed by atoms with Crippen LogP contribution in [0.15, 0.2) is 23.1 Å². The lowest BCUT2D eigenvalue weighted by Crippen LogP contribution is -2.39. The highest BCUT2D eigenvalue weighted by Crippen LogP contribution is 2.44. The summed E-state index contributed by atoms with van der Waals surface area (Å²) >= 11 is 0. The monoisotopic (exact) mass is 438 g/mol. The van der Waals surface area contributed by atoms with Crippen LogP contribution in [0.1, 0.15) is 58.6 Å². The Hall–Kier alpha value is -2.29. The minimum atomic E-state index is -3.58. The maximum absolute atomic E-state index is 13.1. The Morgan fingerprint density at radius 3 is 2.43 bits per heavy atom. The van der Waals surface area contributed by atoms with Gasteiger partial charge in [0.25, 0.3) is 0 Å². The highest BCUT2D eigenvalue weighted by Gasteiger charge is 2.47. The van der Waals surface area contributed by atoms with Crippen molar-refractivity contribution in [3.63, 3.8) is 0 Å². The minimum absolute atomic E-state index is 0.119. The van der Waals surface area contributed by atoms with Crippen LogP contribution in [0.25, 0.3) is 0 Å². The topological polar surface area (TPSA) is 116 Å². The van der Waals surface area contributed by atoms with E-state index in [9.17, 15) is 18.0 Å². The molecule has 30 heavy (non-hydrogen) atoms. The molecule has 1 aliphatic heterocycles. The predicted molar refractivity (Wildman–Crippen MR) is 111 cm³/mol. The minimum Gasteiger partial charge on any atom is -0.466 e. The van der Waals surface area contributed by atoms with E-state index in [4.69, 9.17) is 15.2 Å². The second-order valence-corrected chi connectivity index (χ2v) is 11.0. The van der Waals surface area contributed by atoms with Gasteiger partial charge in [-0.1, -0.05) is 0 Å². The lowest BCUT2D eigenvalue weighted by atomic mass is 9.93. The zero-order valence-corrected chi connectivity index (χ0v) is 18.7. The van der Waals surface area contributed by atoms with Crippen molar-refractivity contribution < 1.29 is 27.5 Å². The van der Waals surface area contributed by atoms with Gasteiger partial charge < -0.3 is 20.1 Å². The third-order valence-electron chi connectivity index (χ3n) is 5.24. The van der Waals surface area contributed by atoms with E-state index in [2.05, 4.69) is 0 Å². The second-order valence-electron chi connectivity index (χ2n) is 8.81. The van der Waals surface area contributed by atoms with E-state index in [0.717, 1.165) is 0 Å². The van der Waals surface area contributed by atoms with Crippen LogP contribution < -0.4 is 5.73 Å². The van der Waals surface area contributed by atoms with Gasteiger partial charge in [0.15, 0.2) is 9.84 Å². The van der Waals surface area contributed by atoms with E-state index >= 15 is 0 Å². The van der Waals surface area contributed by atoms with Crippen molar-refractivity contribution in [1.29, 1.82) is 0 Å². The van der Waals surface area contributed by atoms with Crippen molar-refractivity contribution in [2.45, 2.75) is 68.7 Å². The molecule has 8 nitrogen and oxygen atoms in total. The van der Waals surface area contributed by atoms with Gasteiger partial charge in [0.2, 0.25) is 0 Å². The van der Waals surface area contributed by atoms with Crippen molar-refractivity contribution in [3.05, 3.63) is 23.8 Å². The summed E-state index contributed by atoms with van der Waals surface area (Å²) in [7, 11) is -3.58. The van der Waals surface area contributed by atoms with E-state index in [1.807, 2.05) is 0 Å². The van der Waals surface area contributed by atoms with Gasteiger partial charge in [-0.3, -0.25) is 4.79 Å². The molecule has 2 unspecified atom stereocenters. The van der Waals surface area contributed by atoms with Crippen molar-refractivity contribution in [3.8, 4) is 0 Å². The Kier molecular flexibility index (Phi) is 6.04. The summed E-state index contributed by atoms with van der Waals surface area (Å²) in [5.74, 6) is -1.17. The molecule has 1 amide bonds. The Bertz CT molecular complexity index is 933. The molecule has 9 heteroatoms. The van der Waals surface area contributed by atoms with Gasteiger partial charge >= 0.3 is 12.1 Å². The molecule has 0 aromatic heterocycles. The molecular weight excluding hydrogens is 408 g/mol. The Balaban J connectivity index is 2.10. The first-order chi connectivity index (χ1) is 14.0. The zero-order valence-electron chi connectivity index (χ0n) is 17.9. The number of nitrogens with two attached hydrogens (primary N) is 1. The summed E-state index contributed by atoms with van der Waals surface area (Å²) in [6, 6.07) is 3.73. The van der Waals surface area contributed by atoms with Crippen molar-refractivity contribution >= 4 is 27.6 Å². The van der Waals surface area contributed by atoms with E-state index in [-0.39, 0.29) is 18.0 Å². The molecule has 1 aromatic carbocycles. The van der Waals surface area contributed by atoms with Gasteiger partial charge in [-0.25, -0.2) is 13.2 Å². The molecule has 166 valence electrons. The van der Waals surface area contributed by atoms with Gasteiger partial charge in [-0.2, -0.15) is 0 Å². The highest BCUT2D eigenvalue weighted by molar-refractivity contribution is 7.92. The summed E-state index contributed by atoms with van der Waals surface area (Å²) in [4.78, 5) is 27.2. The number of carbonyl (C=O) groups excluding carboxylic acids is 2. The molecule has 2 fully saturated rings. The third kappa shape index (κ3) is 4.55. The standard InChI is InChI=1S/C21H30N2O6S/c1-5-28-19(24)15-10-11-23(20(25)29-21(2,3)4)18(15)16-12-13(22)6-9-17(16)30(26,27)14-7-8-14/h6,9,12,14-15,18H,5,7-8,10-11,22H2,1-4H3. The molecule has 1 saturated carbocycles. The van der Waals surface area contributed by atoms with Crippen LogP contribution in [0.5, 0.6) is 0 Å². The number of anilines is 1. The van der Waals surface area contributed by atoms with Crippen molar-refractivity contribution in [2.75, 3.05) is 18.9 Å². The van der Waals surface area contributed by atoms with Gasteiger partial charge in [0, 0.05) is 12.2 Å². The summed E-state index contributed by atoms with van der Waals surface area (Å²) in [5.41, 5.74) is 5.96. The van der Waals surface area contributed by atoms with Crippen LogP contribution in [-0.4, -0.2) is 49.4 Å². The number of likely N-dealkylation sites (tertiary alicyclic amines) is 1. The number of hydrogen-bond donors (Lipinski definition) is 1. The first kappa shape index (κ1) is 22.4. The number of amides is 1. The number of nitrogens with zero attached hydrogens (tertiary/aromatic N) is 1. The molecule has 3 rings (SSSR count).